The second-order valence-electron chi connectivity index (χ2n) is 12.3. The summed E-state index contributed by atoms with van der Waals surface area (Å²) in [6, 6.07) is 2.22. The van der Waals surface area contributed by atoms with E-state index in [0.717, 1.165) is 25.2 Å². The quantitative estimate of drug-likeness (QED) is 0.456. The highest BCUT2D eigenvalue weighted by Crippen LogP contribution is 2.67. The van der Waals surface area contributed by atoms with Crippen LogP contribution in [-0.2, 0) is 4.74 Å². The molecule has 0 aromatic carbocycles. The van der Waals surface area contributed by atoms with Crippen LogP contribution in [0, 0.1) is 45.8 Å². The van der Waals surface area contributed by atoms with E-state index in [2.05, 4.69) is 46.8 Å². The second kappa shape index (κ2) is 6.83. The maximum absolute atomic E-state index is 10.8. The van der Waals surface area contributed by atoms with Crippen LogP contribution in [0.25, 0.3) is 0 Å². The van der Waals surface area contributed by atoms with E-state index in [1.165, 1.54) is 32.1 Å². The summed E-state index contributed by atoms with van der Waals surface area (Å²) in [5.74, 6) is 2.22. The van der Waals surface area contributed by atoms with Gasteiger partial charge in [0.25, 0.3) is 0 Å². The van der Waals surface area contributed by atoms with Gasteiger partial charge in [0, 0.05) is 5.92 Å². The second-order valence-corrected chi connectivity index (χ2v) is 12.3. The van der Waals surface area contributed by atoms with Crippen molar-refractivity contribution in [1.29, 1.82) is 5.26 Å². The van der Waals surface area contributed by atoms with Crippen LogP contribution in [0.15, 0.2) is 11.6 Å². The topological polar surface area (TPSA) is 53.2 Å². The smallest absolute Gasteiger partial charge is 0.151 e. The molecule has 0 amide bonds. The van der Waals surface area contributed by atoms with Gasteiger partial charge in [0.2, 0.25) is 0 Å². The van der Waals surface area contributed by atoms with Crippen molar-refractivity contribution in [3.8, 4) is 6.07 Å². The molecule has 0 heterocycles. The van der Waals surface area contributed by atoms with E-state index >= 15 is 0 Å². The summed E-state index contributed by atoms with van der Waals surface area (Å²) in [6.07, 6.45) is 12.2. The Morgan fingerprint density at radius 2 is 1.79 bits per heavy atom. The summed E-state index contributed by atoms with van der Waals surface area (Å²) in [5, 5.41) is 20.4. The van der Waals surface area contributed by atoms with Crippen molar-refractivity contribution >= 4 is 0 Å². The third kappa shape index (κ3) is 3.39. The van der Waals surface area contributed by atoms with Crippen LogP contribution >= 0.6 is 0 Å². The molecule has 0 aromatic rings. The molecule has 29 heavy (non-hydrogen) atoms. The molecular weight excluding hydrogens is 358 g/mol. The third-order valence-electron chi connectivity index (χ3n) is 9.48. The van der Waals surface area contributed by atoms with Crippen LogP contribution in [0.4, 0.5) is 0 Å². The zero-order valence-corrected chi connectivity index (χ0v) is 19.4. The average Bonchev–Trinajstić information content (AvgIpc) is 2.99. The van der Waals surface area contributed by atoms with Gasteiger partial charge >= 0.3 is 0 Å². The minimum Gasteiger partial charge on any atom is -0.375 e. The van der Waals surface area contributed by atoms with E-state index in [9.17, 15) is 10.4 Å². The van der Waals surface area contributed by atoms with Gasteiger partial charge in [0.1, 0.15) is 0 Å². The highest BCUT2D eigenvalue weighted by atomic mass is 16.5. The molecule has 0 aromatic heterocycles. The van der Waals surface area contributed by atoms with Gasteiger partial charge in [-0.3, -0.25) is 0 Å². The van der Waals surface area contributed by atoms with Crippen LogP contribution in [-0.4, -0.2) is 22.4 Å². The number of aliphatic hydroxyl groups is 1. The van der Waals surface area contributed by atoms with Crippen LogP contribution in [0.3, 0.4) is 0 Å². The van der Waals surface area contributed by atoms with Crippen LogP contribution in [0.5, 0.6) is 0 Å². The van der Waals surface area contributed by atoms with Crippen molar-refractivity contribution < 1.29 is 9.84 Å². The van der Waals surface area contributed by atoms with Gasteiger partial charge in [-0.25, -0.2) is 0 Å². The highest BCUT2D eigenvalue weighted by Gasteiger charge is 2.61. The van der Waals surface area contributed by atoms with E-state index in [1.807, 2.05) is 0 Å². The molecule has 8 atom stereocenters. The lowest BCUT2D eigenvalue weighted by Crippen LogP contribution is -2.53. The SMILES string of the molecule is CC(C)(C)OC1CCC2(C)C(=CCC3C2CCC2(C)C3CCC2C(C)(O)C#N)C1. The first-order valence-electron chi connectivity index (χ1n) is 11.9. The Bertz CT molecular complexity index is 726. The Hall–Kier alpha value is -0.850. The minimum absolute atomic E-state index is 0.0701. The summed E-state index contributed by atoms with van der Waals surface area (Å²) < 4.78 is 6.36. The van der Waals surface area contributed by atoms with E-state index in [1.54, 1.807) is 12.5 Å². The number of nitriles is 1. The predicted octanol–water partition coefficient (Wildman–Crippen LogP) is 6.02. The molecule has 0 radical (unpaired) electrons. The molecule has 3 fully saturated rings. The van der Waals surface area contributed by atoms with E-state index in [4.69, 9.17) is 4.74 Å². The number of fused-ring (bicyclic) bond motifs is 5. The minimum atomic E-state index is -1.20. The van der Waals surface area contributed by atoms with Gasteiger partial charge in [0.05, 0.1) is 17.8 Å². The van der Waals surface area contributed by atoms with Crippen LogP contribution in [0.2, 0.25) is 0 Å². The Balaban J connectivity index is 1.57. The summed E-state index contributed by atoms with van der Waals surface area (Å²) in [4.78, 5) is 0. The maximum Gasteiger partial charge on any atom is 0.151 e. The van der Waals surface area contributed by atoms with Crippen molar-refractivity contribution in [3.05, 3.63) is 11.6 Å². The number of nitrogens with zero attached hydrogens (tertiary/aromatic N) is 1. The molecule has 0 saturated heterocycles. The first-order chi connectivity index (χ1) is 13.4. The summed E-state index contributed by atoms with van der Waals surface area (Å²) >= 11 is 0. The molecule has 0 bridgehead atoms. The molecule has 1 N–H and O–H groups in total. The molecule has 4 rings (SSSR count). The monoisotopic (exact) mass is 399 g/mol. The Kier molecular flexibility index (Phi) is 5.03. The van der Waals surface area contributed by atoms with E-state index in [0.29, 0.717) is 23.4 Å². The van der Waals surface area contributed by atoms with Crippen molar-refractivity contribution in [1.82, 2.24) is 0 Å². The van der Waals surface area contributed by atoms with Crippen molar-refractivity contribution in [2.24, 2.45) is 34.5 Å². The average molecular weight is 400 g/mol. The van der Waals surface area contributed by atoms with Crippen molar-refractivity contribution in [2.75, 3.05) is 0 Å². The molecule has 4 aliphatic carbocycles. The Labute approximate surface area is 177 Å². The standard InChI is InChI=1S/C26H41NO2/c1-23(2,3)29-18-11-13-24(4)17(15-18)7-8-19-20-9-10-22(26(6,28)16-27)25(20,5)14-12-21(19)24/h7,18-22,28H,8-15H2,1-6H3. The Morgan fingerprint density at radius 3 is 2.45 bits per heavy atom. The molecule has 3 nitrogen and oxygen atoms in total. The van der Waals surface area contributed by atoms with Gasteiger partial charge in [0.15, 0.2) is 5.60 Å². The molecule has 3 heteroatoms. The predicted molar refractivity (Wildman–Crippen MR) is 116 cm³/mol. The molecule has 4 aliphatic rings. The van der Waals surface area contributed by atoms with Crippen molar-refractivity contribution in [2.45, 2.75) is 110 Å². The van der Waals surface area contributed by atoms with Gasteiger partial charge < -0.3 is 9.84 Å². The summed E-state index contributed by atoms with van der Waals surface area (Å²) in [5.41, 5.74) is 0.811. The molecular formula is C26H41NO2. The summed E-state index contributed by atoms with van der Waals surface area (Å²) in [6.45, 7) is 13.2. The molecule has 162 valence electrons. The number of hydrogen-bond donors (Lipinski definition) is 1. The largest absolute Gasteiger partial charge is 0.375 e. The molecule has 3 saturated carbocycles. The fourth-order valence-electron chi connectivity index (χ4n) is 8.23. The fourth-order valence-corrected chi connectivity index (χ4v) is 8.23. The Morgan fingerprint density at radius 1 is 1.07 bits per heavy atom. The third-order valence-corrected chi connectivity index (χ3v) is 9.48. The highest BCUT2D eigenvalue weighted by molar-refractivity contribution is 5.26. The van der Waals surface area contributed by atoms with Gasteiger partial charge in [-0.2, -0.15) is 5.26 Å². The normalized spacial score (nSPS) is 46.6. The first-order valence-corrected chi connectivity index (χ1v) is 11.9. The van der Waals surface area contributed by atoms with Gasteiger partial charge in [-0.05, 0) is 108 Å². The lowest BCUT2D eigenvalue weighted by molar-refractivity contribution is -0.103. The molecule has 0 aliphatic heterocycles. The van der Waals surface area contributed by atoms with Crippen molar-refractivity contribution in [3.63, 3.8) is 0 Å². The number of hydrogen-bond acceptors (Lipinski definition) is 3. The van der Waals surface area contributed by atoms with Gasteiger partial charge in [-0.15, -0.1) is 0 Å². The van der Waals surface area contributed by atoms with Crippen LogP contribution < -0.4 is 0 Å². The molecule has 8 unspecified atom stereocenters. The zero-order valence-electron chi connectivity index (χ0n) is 19.4. The number of allylic oxidation sites excluding steroid dienone is 1. The lowest BCUT2D eigenvalue weighted by Gasteiger charge is -2.58. The van der Waals surface area contributed by atoms with Crippen LogP contribution in [0.1, 0.15) is 92.9 Å². The summed E-state index contributed by atoms with van der Waals surface area (Å²) in [7, 11) is 0. The molecule has 0 spiro atoms. The maximum atomic E-state index is 10.8. The van der Waals surface area contributed by atoms with Gasteiger partial charge in [-0.1, -0.05) is 25.5 Å². The zero-order chi connectivity index (χ0) is 21.2. The number of ether oxygens (including phenoxy) is 1. The lowest BCUT2D eigenvalue weighted by atomic mass is 9.47. The fraction of sp³-hybridized carbons (Fsp3) is 0.885. The first kappa shape index (κ1) is 21.4. The van der Waals surface area contributed by atoms with E-state index < -0.39 is 5.60 Å². The van der Waals surface area contributed by atoms with E-state index in [-0.39, 0.29) is 16.9 Å². The number of rotatable bonds is 2.